The lowest BCUT2D eigenvalue weighted by atomic mass is 9.77. The highest BCUT2D eigenvalue weighted by molar-refractivity contribution is 5.94. The van der Waals surface area contributed by atoms with E-state index in [4.69, 9.17) is 10.00 Å². The molecule has 0 bridgehead atoms. The molecule has 25 heavy (non-hydrogen) atoms. The summed E-state index contributed by atoms with van der Waals surface area (Å²) in [6, 6.07) is 8.61. The number of aliphatic hydroxyl groups is 1. The van der Waals surface area contributed by atoms with E-state index in [1.165, 1.54) is 0 Å². The van der Waals surface area contributed by atoms with Gasteiger partial charge in [0, 0.05) is 32.0 Å². The summed E-state index contributed by atoms with van der Waals surface area (Å²) in [4.78, 5) is 14.2. The number of nitrogens with one attached hydrogen (secondary N) is 1. The van der Waals surface area contributed by atoms with E-state index in [9.17, 15) is 9.90 Å². The predicted molar refractivity (Wildman–Crippen MR) is 93.1 cm³/mol. The van der Waals surface area contributed by atoms with E-state index in [-0.39, 0.29) is 18.1 Å². The summed E-state index contributed by atoms with van der Waals surface area (Å²) in [6.07, 6.45) is 2.88. The Morgan fingerprint density at radius 3 is 2.64 bits per heavy atom. The quantitative estimate of drug-likeness (QED) is 0.864. The number of nitriles is 1. The number of hydrogen-bond donors (Lipinski definition) is 2. The molecule has 1 aromatic rings. The van der Waals surface area contributed by atoms with Gasteiger partial charge >= 0.3 is 0 Å². The molecule has 2 N–H and O–H groups in total. The largest absolute Gasteiger partial charge is 0.388 e. The molecule has 1 unspecified atom stereocenters. The first kappa shape index (κ1) is 17.9. The van der Waals surface area contributed by atoms with Crippen LogP contribution in [0.5, 0.6) is 0 Å². The fourth-order valence-corrected chi connectivity index (χ4v) is 3.96. The average Bonchev–Trinajstić information content (AvgIpc) is 2.61. The molecule has 1 aromatic carbocycles. The van der Waals surface area contributed by atoms with Crippen LogP contribution in [0.4, 0.5) is 0 Å². The van der Waals surface area contributed by atoms with Gasteiger partial charge < -0.3 is 20.1 Å². The molecule has 0 aromatic heterocycles. The van der Waals surface area contributed by atoms with Crippen molar-refractivity contribution in [2.75, 3.05) is 33.3 Å². The zero-order valence-electron chi connectivity index (χ0n) is 14.6. The van der Waals surface area contributed by atoms with Crippen LogP contribution in [0.15, 0.2) is 24.3 Å². The Kier molecular flexibility index (Phi) is 5.09. The maximum absolute atomic E-state index is 12.6. The lowest BCUT2D eigenvalue weighted by molar-refractivity contribution is -0.173. The highest BCUT2D eigenvalue weighted by Crippen LogP contribution is 2.38. The molecule has 0 radical (unpaired) electrons. The number of carbonyl (C=O) groups is 1. The van der Waals surface area contributed by atoms with E-state index in [1.54, 1.807) is 36.2 Å². The van der Waals surface area contributed by atoms with Gasteiger partial charge in [-0.3, -0.25) is 4.79 Å². The van der Waals surface area contributed by atoms with Crippen molar-refractivity contribution in [3.05, 3.63) is 35.4 Å². The first-order valence-electron chi connectivity index (χ1n) is 8.78. The SMILES string of the molecule is CN(CC1(O)CCOC2(CCNCC2)C1)C(=O)c1ccc(C#N)cc1. The molecule has 1 spiro atoms. The molecular formula is C19H25N3O3. The van der Waals surface area contributed by atoms with Crippen LogP contribution in [0.1, 0.15) is 41.6 Å². The number of piperidine rings is 1. The van der Waals surface area contributed by atoms with Crippen molar-refractivity contribution in [2.24, 2.45) is 0 Å². The molecule has 3 rings (SSSR count). The highest BCUT2D eigenvalue weighted by Gasteiger charge is 2.46. The topological polar surface area (TPSA) is 85.6 Å². The highest BCUT2D eigenvalue weighted by atomic mass is 16.5. The van der Waals surface area contributed by atoms with Gasteiger partial charge in [0.25, 0.3) is 5.91 Å². The lowest BCUT2D eigenvalue weighted by Crippen LogP contribution is -2.57. The van der Waals surface area contributed by atoms with Crippen molar-refractivity contribution in [2.45, 2.75) is 36.9 Å². The van der Waals surface area contributed by atoms with Crippen molar-refractivity contribution < 1.29 is 14.6 Å². The second kappa shape index (κ2) is 7.12. The van der Waals surface area contributed by atoms with Crippen LogP contribution >= 0.6 is 0 Å². The Bertz CT molecular complexity index is 656. The fraction of sp³-hybridized carbons (Fsp3) is 0.579. The summed E-state index contributed by atoms with van der Waals surface area (Å²) in [5.41, 5.74) is -0.146. The summed E-state index contributed by atoms with van der Waals surface area (Å²) in [5.74, 6) is -0.149. The minimum absolute atomic E-state index is 0.149. The number of rotatable bonds is 3. The average molecular weight is 343 g/mol. The molecule has 6 nitrogen and oxygen atoms in total. The number of nitrogens with zero attached hydrogens (tertiary/aromatic N) is 2. The summed E-state index contributed by atoms with van der Waals surface area (Å²) >= 11 is 0. The number of ether oxygens (including phenoxy) is 1. The standard InChI is InChI=1S/C19H25N3O3/c1-22(17(23)16-4-2-15(12-20)3-5-16)14-18(24)8-11-25-19(13-18)6-9-21-10-7-19/h2-5,21,24H,6-11,13-14H2,1H3. The third kappa shape index (κ3) is 4.01. The van der Waals surface area contributed by atoms with Gasteiger partial charge in [-0.05, 0) is 50.2 Å². The van der Waals surface area contributed by atoms with Crippen molar-refractivity contribution in [1.29, 1.82) is 5.26 Å². The van der Waals surface area contributed by atoms with Crippen molar-refractivity contribution in [3.8, 4) is 6.07 Å². The van der Waals surface area contributed by atoms with E-state index in [0.717, 1.165) is 25.9 Å². The van der Waals surface area contributed by atoms with Crippen LogP contribution in [0.25, 0.3) is 0 Å². The Labute approximate surface area is 148 Å². The molecule has 0 saturated carbocycles. The number of amides is 1. The van der Waals surface area contributed by atoms with Gasteiger partial charge in [-0.2, -0.15) is 5.26 Å². The Morgan fingerprint density at radius 1 is 1.32 bits per heavy atom. The van der Waals surface area contributed by atoms with Crippen LogP contribution in [0.3, 0.4) is 0 Å². The summed E-state index contributed by atoms with van der Waals surface area (Å²) in [6.45, 7) is 2.60. The van der Waals surface area contributed by atoms with E-state index in [0.29, 0.717) is 30.6 Å². The molecule has 0 aliphatic carbocycles. The van der Waals surface area contributed by atoms with Crippen LogP contribution in [0, 0.1) is 11.3 Å². The Hall–Kier alpha value is -1.94. The van der Waals surface area contributed by atoms with Crippen molar-refractivity contribution >= 4 is 5.91 Å². The molecule has 1 amide bonds. The van der Waals surface area contributed by atoms with E-state index in [2.05, 4.69) is 5.32 Å². The van der Waals surface area contributed by atoms with E-state index in [1.807, 2.05) is 6.07 Å². The molecule has 134 valence electrons. The van der Waals surface area contributed by atoms with Gasteiger partial charge in [0.05, 0.1) is 29.4 Å². The first-order valence-corrected chi connectivity index (χ1v) is 8.78. The summed E-state index contributed by atoms with van der Waals surface area (Å²) < 4.78 is 6.02. The number of hydrogen-bond acceptors (Lipinski definition) is 5. The lowest BCUT2D eigenvalue weighted by Gasteiger charge is -2.48. The second-order valence-corrected chi connectivity index (χ2v) is 7.28. The van der Waals surface area contributed by atoms with Gasteiger partial charge in [0.2, 0.25) is 0 Å². The molecule has 1 atom stereocenters. The van der Waals surface area contributed by atoms with E-state index < -0.39 is 5.60 Å². The molecular weight excluding hydrogens is 318 g/mol. The number of likely N-dealkylation sites (N-methyl/N-ethyl adjacent to an activating group) is 1. The third-order valence-electron chi connectivity index (χ3n) is 5.28. The van der Waals surface area contributed by atoms with Crippen LogP contribution < -0.4 is 5.32 Å². The third-order valence-corrected chi connectivity index (χ3v) is 5.28. The van der Waals surface area contributed by atoms with Crippen LogP contribution in [-0.2, 0) is 4.74 Å². The van der Waals surface area contributed by atoms with Crippen LogP contribution in [-0.4, -0.2) is 60.4 Å². The predicted octanol–water partition coefficient (Wildman–Crippen LogP) is 1.29. The van der Waals surface area contributed by atoms with Gasteiger partial charge in [-0.15, -0.1) is 0 Å². The normalized spacial score (nSPS) is 25.3. The summed E-state index contributed by atoms with van der Waals surface area (Å²) in [7, 11) is 1.71. The minimum atomic E-state index is -0.924. The van der Waals surface area contributed by atoms with Crippen molar-refractivity contribution in [3.63, 3.8) is 0 Å². The van der Waals surface area contributed by atoms with Gasteiger partial charge in [-0.1, -0.05) is 0 Å². The molecule has 2 fully saturated rings. The molecule has 2 aliphatic rings. The smallest absolute Gasteiger partial charge is 0.253 e. The molecule has 6 heteroatoms. The first-order chi connectivity index (χ1) is 12.0. The van der Waals surface area contributed by atoms with E-state index >= 15 is 0 Å². The number of benzene rings is 1. The zero-order valence-corrected chi connectivity index (χ0v) is 14.6. The minimum Gasteiger partial charge on any atom is -0.388 e. The molecule has 2 aliphatic heterocycles. The number of carbonyl (C=O) groups excluding carboxylic acids is 1. The monoisotopic (exact) mass is 343 g/mol. The Morgan fingerprint density at radius 2 is 2.00 bits per heavy atom. The van der Waals surface area contributed by atoms with Crippen molar-refractivity contribution in [1.82, 2.24) is 10.2 Å². The van der Waals surface area contributed by atoms with Gasteiger partial charge in [0.1, 0.15) is 0 Å². The van der Waals surface area contributed by atoms with Crippen LogP contribution in [0.2, 0.25) is 0 Å². The fourth-order valence-electron chi connectivity index (χ4n) is 3.96. The van der Waals surface area contributed by atoms with Gasteiger partial charge in [0.15, 0.2) is 0 Å². The summed E-state index contributed by atoms with van der Waals surface area (Å²) in [5, 5.41) is 23.3. The zero-order chi connectivity index (χ0) is 17.9. The molecule has 2 heterocycles. The van der Waals surface area contributed by atoms with Gasteiger partial charge in [-0.25, -0.2) is 0 Å². The Balaban J connectivity index is 1.67. The maximum Gasteiger partial charge on any atom is 0.253 e. The molecule has 2 saturated heterocycles. The second-order valence-electron chi connectivity index (χ2n) is 7.28. The maximum atomic E-state index is 12.6.